The van der Waals surface area contributed by atoms with Gasteiger partial charge in [0, 0.05) is 12.8 Å². The minimum absolute atomic E-state index is 0.409. The van der Waals surface area contributed by atoms with E-state index >= 15 is 0 Å². The summed E-state index contributed by atoms with van der Waals surface area (Å²) >= 11 is 0. The second-order valence-corrected chi connectivity index (χ2v) is 5.98. The zero-order chi connectivity index (χ0) is 17.7. The lowest BCUT2D eigenvalue weighted by molar-refractivity contribution is 0.194. The van der Waals surface area contributed by atoms with Gasteiger partial charge in [-0.25, -0.2) is 0 Å². The molecule has 0 saturated heterocycles. The number of hydrogen-bond donors (Lipinski definition) is 4. The summed E-state index contributed by atoms with van der Waals surface area (Å²) in [7, 11) is 0. The van der Waals surface area contributed by atoms with Crippen LogP contribution in [0.2, 0.25) is 0 Å². The van der Waals surface area contributed by atoms with Crippen LogP contribution in [0, 0.1) is 0 Å². The summed E-state index contributed by atoms with van der Waals surface area (Å²) in [5.74, 6) is 0. The standard InChI is InChI=1S/C18H24N4O2/c1-11(23)9-17-15(19)7-5-13(21-17)3-4-14-6-8-16(20)18(22-14)10-12(2)24/h3-8,11-12,23-24H,9-10,19-20H2,1-2H3. The Morgan fingerprint density at radius 1 is 0.833 bits per heavy atom. The quantitative estimate of drug-likeness (QED) is 0.640. The predicted octanol–water partition coefficient (Wildman–Crippen LogP) is 1.66. The SMILES string of the molecule is CC(O)Cc1nc(C=Cc2ccc(N)c(CC(C)O)n2)ccc1N. The summed E-state index contributed by atoms with van der Waals surface area (Å²) in [5.41, 5.74) is 15.7. The maximum Gasteiger partial charge on any atom is 0.0665 e. The average Bonchev–Trinajstić information content (AvgIpc) is 2.50. The number of nitrogen functional groups attached to an aromatic ring is 2. The van der Waals surface area contributed by atoms with Gasteiger partial charge in [0.05, 0.1) is 46.4 Å². The van der Waals surface area contributed by atoms with E-state index in [-0.39, 0.29) is 0 Å². The highest BCUT2D eigenvalue weighted by atomic mass is 16.3. The molecule has 0 aliphatic rings. The van der Waals surface area contributed by atoms with Crippen molar-refractivity contribution < 1.29 is 10.2 Å². The van der Waals surface area contributed by atoms with Crippen LogP contribution in [-0.4, -0.2) is 32.4 Å². The summed E-state index contributed by atoms with van der Waals surface area (Å²) in [4.78, 5) is 8.90. The molecule has 0 bridgehead atoms. The molecular formula is C18H24N4O2. The number of aliphatic hydroxyl groups is 2. The summed E-state index contributed by atoms with van der Waals surface area (Å²) in [6, 6.07) is 7.18. The van der Waals surface area contributed by atoms with E-state index in [1.54, 1.807) is 26.0 Å². The first kappa shape index (κ1) is 17.9. The van der Waals surface area contributed by atoms with Crippen molar-refractivity contribution in [2.75, 3.05) is 11.5 Å². The van der Waals surface area contributed by atoms with Crippen molar-refractivity contribution in [1.29, 1.82) is 0 Å². The third-order valence-corrected chi connectivity index (χ3v) is 3.46. The van der Waals surface area contributed by atoms with Crippen LogP contribution >= 0.6 is 0 Å². The Morgan fingerprint density at radius 2 is 1.21 bits per heavy atom. The van der Waals surface area contributed by atoms with Gasteiger partial charge in [0.2, 0.25) is 0 Å². The molecule has 2 aromatic heterocycles. The number of anilines is 2. The van der Waals surface area contributed by atoms with Gasteiger partial charge < -0.3 is 21.7 Å². The van der Waals surface area contributed by atoms with Crippen LogP contribution in [0.5, 0.6) is 0 Å². The fourth-order valence-corrected chi connectivity index (χ4v) is 2.30. The van der Waals surface area contributed by atoms with Gasteiger partial charge in [-0.05, 0) is 50.3 Å². The van der Waals surface area contributed by atoms with E-state index in [0.717, 1.165) is 11.4 Å². The molecule has 0 aliphatic carbocycles. The number of nitrogens with zero attached hydrogens (tertiary/aromatic N) is 2. The molecular weight excluding hydrogens is 304 g/mol. The molecule has 6 nitrogen and oxygen atoms in total. The summed E-state index contributed by atoms with van der Waals surface area (Å²) < 4.78 is 0. The number of aromatic nitrogens is 2. The molecule has 2 unspecified atom stereocenters. The first-order valence-electron chi connectivity index (χ1n) is 7.90. The maximum atomic E-state index is 9.50. The van der Waals surface area contributed by atoms with Crippen LogP contribution in [0.1, 0.15) is 36.6 Å². The number of nitrogens with two attached hydrogens (primary N) is 2. The maximum absolute atomic E-state index is 9.50. The molecule has 0 amide bonds. The zero-order valence-corrected chi connectivity index (χ0v) is 14.0. The molecule has 0 aromatic carbocycles. The highest BCUT2D eigenvalue weighted by Crippen LogP contribution is 2.16. The molecule has 2 rings (SSSR count). The normalized spacial score (nSPS) is 14.0. The number of aliphatic hydroxyl groups excluding tert-OH is 2. The highest BCUT2D eigenvalue weighted by Gasteiger charge is 2.07. The lowest BCUT2D eigenvalue weighted by atomic mass is 10.1. The van der Waals surface area contributed by atoms with Gasteiger partial charge in [0.1, 0.15) is 0 Å². The van der Waals surface area contributed by atoms with E-state index in [1.807, 2.05) is 24.3 Å². The number of hydrogen-bond acceptors (Lipinski definition) is 6. The Hall–Kier alpha value is -2.44. The van der Waals surface area contributed by atoms with Crippen LogP contribution in [0.4, 0.5) is 11.4 Å². The van der Waals surface area contributed by atoms with Gasteiger partial charge >= 0.3 is 0 Å². The summed E-state index contributed by atoms with van der Waals surface area (Å²) in [6.07, 6.45) is 3.48. The number of pyridine rings is 2. The molecule has 128 valence electrons. The van der Waals surface area contributed by atoms with Crippen molar-refractivity contribution in [3.63, 3.8) is 0 Å². The highest BCUT2D eigenvalue weighted by molar-refractivity contribution is 5.68. The molecule has 2 heterocycles. The molecule has 0 fully saturated rings. The molecule has 6 N–H and O–H groups in total. The van der Waals surface area contributed by atoms with Crippen LogP contribution in [-0.2, 0) is 12.8 Å². The third kappa shape index (κ3) is 5.04. The van der Waals surface area contributed by atoms with E-state index < -0.39 is 12.2 Å². The summed E-state index contributed by atoms with van der Waals surface area (Å²) in [6.45, 7) is 3.40. The van der Waals surface area contributed by atoms with Crippen molar-refractivity contribution in [2.24, 2.45) is 0 Å². The molecule has 2 atom stereocenters. The van der Waals surface area contributed by atoms with Gasteiger partial charge in [-0.3, -0.25) is 9.97 Å². The fourth-order valence-electron chi connectivity index (χ4n) is 2.30. The minimum atomic E-state index is -0.499. The molecule has 24 heavy (non-hydrogen) atoms. The van der Waals surface area contributed by atoms with Crippen LogP contribution in [0.25, 0.3) is 12.2 Å². The number of rotatable bonds is 6. The van der Waals surface area contributed by atoms with Crippen molar-refractivity contribution in [3.05, 3.63) is 47.0 Å². The van der Waals surface area contributed by atoms with Gasteiger partial charge in [-0.15, -0.1) is 0 Å². The Labute approximate surface area is 141 Å². The predicted molar refractivity (Wildman–Crippen MR) is 97.0 cm³/mol. The molecule has 0 spiro atoms. The molecule has 2 aromatic rings. The zero-order valence-electron chi connectivity index (χ0n) is 14.0. The van der Waals surface area contributed by atoms with Gasteiger partial charge in [-0.1, -0.05) is 0 Å². The Bertz CT molecular complexity index is 665. The van der Waals surface area contributed by atoms with Crippen molar-refractivity contribution >= 4 is 23.5 Å². The van der Waals surface area contributed by atoms with E-state index in [4.69, 9.17) is 11.5 Å². The van der Waals surface area contributed by atoms with Gasteiger partial charge in [-0.2, -0.15) is 0 Å². The Morgan fingerprint density at radius 3 is 1.54 bits per heavy atom. The molecule has 6 heteroatoms. The topological polar surface area (TPSA) is 118 Å². The van der Waals surface area contributed by atoms with Crippen molar-refractivity contribution in [3.8, 4) is 0 Å². The second-order valence-electron chi connectivity index (χ2n) is 5.98. The monoisotopic (exact) mass is 328 g/mol. The molecule has 0 saturated carbocycles. The molecule has 0 radical (unpaired) electrons. The van der Waals surface area contributed by atoms with Crippen molar-refractivity contribution in [1.82, 2.24) is 9.97 Å². The van der Waals surface area contributed by atoms with Crippen molar-refractivity contribution in [2.45, 2.75) is 38.9 Å². The largest absolute Gasteiger partial charge is 0.397 e. The van der Waals surface area contributed by atoms with Crippen LogP contribution in [0.3, 0.4) is 0 Å². The second kappa shape index (κ2) is 7.90. The van der Waals surface area contributed by atoms with Gasteiger partial charge in [0.25, 0.3) is 0 Å². The van der Waals surface area contributed by atoms with Gasteiger partial charge in [0.15, 0.2) is 0 Å². The minimum Gasteiger partial charge on any atom is -0.397 e. The smallest absolute Gasteiger partial charge is 0.0665 e. The first-order chi connectivity index (χ1) is 11.3. The Balaban J connectivity index is 2.21. The van der Waals surface area contributed by atoms with E-state index in [0.29, 0.717) is 35.6 Å². The van der Waals surface area contributed by atoms with E-state index in [9.17, 15) is 10.2 Å². The van der Waals surface area contributed by atoms with Crippen LogP contribution < -0.4 is 11.5 Å². The first-order valence-corrected chi connectivity index (χ1v) is 7.90. The Kier molecular flexibility index (Phi) is 5.89. The molecule has 0 aliphatic heterocycles. The summed E-state index contributed by atoms with van der Waals surface area (Å²) in [5, 5.41) is 19.0. The van der Waals surface area contributed by atoms with Crippen LogP contribution in [0.15, 0.2) is 24.3 Å². The fraction of sp³-hybridized carbons (Fsp3) is 0.333. The van der Waals surface area contributed by atoms with E-state index in [1.165, 1.54) is 0 Å². The third-order valence-electron chi connectivity index (χ3n) is 3.46. The van der Waals surface area contributed by atoms with E-state index in [2.05, 4.69) is 9.97 Å². The lowest BCUT2D eigenvalue weighted by Crippen LogP contribution is -2.09. The lowest BCUT2D eigenvalue weighted by Gasteiger charge is -2.08. The average molecular weight is 328 g/mol.